The van der Waals surface area contributed by atoms with Gasteiger partial charge >= 0.3 is 0 Å². The second-order valence-electron chi connectivity index (χ2n) is 4.61. The predicted octanol–water partition coefficient (Wildman–Crippen LogP) is 3.09. The lowest BCUT2D eigenvalue weighted by molar-refractivity contribution is 0.0767. The number of hydrogen-bond acceptors (Lipinski definition) is 4. The predicted molar refractivity (Wildman–Crippen MR) is 78.5 cm³/mol. The van der Waals surface area contributed by atoms with Gasteiger partial charge in [0.25, 0.3) is 5.91 Å². The van der Waals surface area contributed by atoms with Gasteiger partial charge in [0.15, 0.2) is 0 Å². The van der Waals surface area contributed by atoms with E-state index >= 15 is 0 Å². The highest BCUT2D eigenvalue weighted by Gasteiger charge is 2.29. The Kier molecular flexibility index (Phi) is 3.89. The quantitative estimate of drug-likeness (QED) is 0.875. The zero-order valence-electron chi connectivity index (χ0n) is 10.7. The Morgan fingerprint density at radius 2 is 2.40 bits per heavy atom. The fourth-order valence-electron chi connectivity index (χ4n) is 2.22. The van der Waals surface area contributed by atoms with Crippen LogP contribution in [-0.4, -0.2) is 35.0 Å². The zero-order valence-corrected chi connectivity index (χ0v) is 12.2. The van der Waals surface area contributed by atoms with E-state index in [0.29, 0.717) is 23.8 Å². The first-order valence-corrected chi connectivity index (χ1v) is 7.64. The number of likely N-dealkylation sites (tertiary alicyclic amines) is 1. The molecule has 1 unspecified atom stereocenters. The summed E-state index contributed by atoms with van der Waals surface area (Å²) in [5.41, 5.74) is 2.18. The molecule has 0 spiro atoms. The van der Waals surface area contributed by atoms with E-state index in [2.05, 4.69) is 4.98 Å². The molecule has 0 aliphatic carbocycles. The van der Waals surface area contributed by atoms with Crippen molar-refractivity contribution in [1.82, 2.24) is 9.88 Å². The Bertz CT molecular complexity index is 603. The summed E-state index contributed by atoms with van der Waals surface area (Å²) in [5, 5.41) is 2.42. The van der Waals surface area contributed by atoms with E-state index in [1.165, 1.54) is 11.3 Å². The van der Waals surface area contributed by atoms with E-state index in [0.717, 1.165) is 12.2 Å². The van der Waals surface area contributed by atoms with Crippen molar-refractivity contribution in [3.05, 3.63) is 45.9 Å². The van der Waals surface area contributed by atoms with E-state index in [-0.39, 0.29) is 12.0 Å². The summed E-state index contributed by atoms with van der Waals surface area (Å²) in [6.45, 7) is 1.28. The molecule has 6 heteroatoms. The SMILES string of the molecule is O=C(c1cscn1)N1CCC(Oc2cccc(Cl)c2)C1. The molecule has 20 heavy (non-hydrogen) atoms. The van der Waals surface area contributed by atoms with Crippen LogP contribution in [0.25, 0.3) is 0 Å². The van der Waals surface area contributed by atoms with E-state index < -0.39 is 0 Å². The molecule has 1 amide bonds. The third kappa shape index (κ3) is 2.94. The summed E-state index contributed by atoms with van der Waals surface area (Å²) in [5.74, 6) is 0.717. The topological polar surface area (TPSA) is 42.4 Å². The molecule has 2 heterocycles. The Hall–Kier alpha value is -1.59. The van der Waals surface area contributed by atoms with Crippen LogP contribution in [0.3, 0.4) is 0 Å². The van der Waals surface area contributed by atoms with Crippen LogP contribution < -0.4 is 4.74 Å². The van der Waals surface area contributed by atoms with Crippen molar-refractivity contribution in [3.8, 4) is 5.75 Å². The molecule has 0 N–H and O–H groups in total. The molecule has 1 aliphatic rings. The summed E-state index contributed by atoms with van der Waals surface area (Å²) in [6, 6.07) is 7.31. The first-order chi connectivity index (χ1) is 9.72. The van der Waals surface area contributed by atoms with Crippen molar-refractivity contribution >= 4 is 28.8 Å². The molecule has 0 bridgehead atoms. The largest absolute Gasteiger partial charge is 0.488 e. The van der Waals surface area contributed by atoms with Gasteiger partial charge in [-0.1, -0.05) is 17.7 Å². The number of thiazole rings is 1. The number of ether oxygens (including phenoxy) is 1. The number of nitrogens with zero attached hydrogens (tertiary/aromatic N) is 2. The fraction of sp³-hybridized carbons (Fsp3) is 0.286. The van der Waals surface area contributed by atoms with Crippen molar-refractivity contribution in [3.63, 3.8) is 0 Å². The second kappa shape index (κ2) is 5.81. The number of amides is 1. The number of carbonyl (C=O) groups is 1. The highest BCUT2D eigenvalue weighted by Crippen LogP contribution is 2.22. The lowest BCUT2D eigenvalue weighted by Crippen LogP contribution is -2.31. The molecule has 0 radical (unpaired) electrons. The fourth-order valence-corrected chi connectivity index (χ4v) is 2.93. The Morgan fingerprint density at radius 1 is 1.50 bits per heavy atom. The van der Waals surface area contributed by atoms with E-state index in [1.807, 2.05) is 12.1 Å². The van der Waals surface area contributed by atoms with Gasteiger partial charge in [-0.15, -0.1) is 11.3 Å². The monoisotopic (exact) mass is 308 g/mol. The van der Waals surface area contributed by atoms with Gasteiger partial charge in [-0.2, -0.15) is 0 Å². The second-order valence-corrected chi connectivity index (χ2v) is 5.77. The van der Waals surface area contributed by atoms with Crippen LogP contribution in [0.5, 0.6) is 5.75 Å². The summed E-state index contributed by atoms with van der Waals surface area (Å²) in [7, 11) is 0. The van der Waals surface area contributed by atoms with Gasteiger partial charge in [0.2, 0.25) is 0 Å². The molecule has 4 nitrogen and oxygen atoms in total. The average Bonchev–Trinajstić information content (AvgIpc) is 3.09. The molecule has 1 aromatic carbocycles. The minimum Gasteiger partial charge on any atom is -0.488 e. The van der Waals surface area contributed by atoms with Crippen LogP contribution in [0.15, 0.2) is 35.2 Å². The van der Waals surface area contributed by atoms with Crippen molar-refractivity contribution < 1.29 is 9.53 Å². The number of halogens is 1. The summed E-state index contributed by atoms with van der Waals surface area (Å²) in [6.07, 6.45) is 0.832. The first-order valence-electron chi connectivity index (χ1n) is 6.32. The van der Waals surface area contributed by atoms with Crippen LogP contribution in [0.4, 0.5) is 0 Å². The maximum Gasteiger partial charge on any atom is 0.273 e. The Morgan fingerprint density at radius 3 is 3.15 bits per heavy atom. The summed E-state index contributed by atoms with van der Waals surface area (Å²) in [4.78, 5) is 18.0. The van der Waals surface area contributed by atoms with Crippen LogP contribution >= 0.6 is 22.9 Å². The highest BCUT2D eigenvalue weighted by molar-refractivity contribution is 7.07. The van der Waals surface area contributed by atoms with E-state index in [1.54, 1.807) is 27.9 Å². The number of hydrogen-bond donors (Lipinski definition) is 0. The van der Waals surface area contributed by atoms with Gasteiger partial charge in [0.1, 0.15) is 17.5 Å². The maximum atomic E-state index is 12.2. The van der Waals surface area contributed by atoms with E-state index in [9.17, 15) is 4.79 Å². The minimum absolute atomic E-state index is 0.0102. The number of benzene rings is 1. The highest BCUT2D eigenvalue weighted by atomic mass is 35.5. The smallest absolute Gasteiger partial charge is 0.273 e. The van der Waals surface area contributed by atoms with Gasteiger partial charge < -0.3 is 9.64 Å². The first kappa shape index (κ1) is 13.4. The van der Waals surface area contributed by atoms with Gasteiger partial charge in [0, 0.05) is 23.4 Å². The third-order valence-electron chi connectivity index (χ3n) is 3.18. The lowest BCUT2D eigenvalue weighted by atomic mass is 10.3. The van der Waals surface area contributed by atoms with Gasteiger partial charge in [-0.25, -0.2) is 4.98 Å². The van der Waals surface area contributed by atoms with Crippen molar-refractivity contribution in [1.29, 1.82) is 0 Å². The van der Waals surface area contributed by atoms with Crippen molar-refractivity contribution in [2.24, 2.45) is 0 Å². The molecule has 3 rings (SSSR count). The Balaban J connectivity index is 1.61. The van der Waals surface area contributed by atoms with Crippen LogP contribution in [0.1, 0.15) is 16.9 Å². The van der Waals surface area contributed by atoms with Gasteiger partial charge in [-0.3, -0.25) is 4.79 Å². The van der Waals surface area contributed by atoms with Crippen molar-refractivity contribution in [2.75, 3.05) is 13.1 Å². The normalized spacial score (nSPS) is 18.2. The number of rotatable bonds is 3. The molecule has 1 saturated heterocycles. The molecule has 1 fully saturated rings. The molecule has 1 aliphatic heterocycles. The van der Waals surface area contributed by atoms with Crippen molar-refractivity contribution in [2.45, 2.75) is 12.5 Å². The average molecular weight is 309 g/mol. The Labute approximate surface area is 126 Å². The molecule has 1 aromatic heterocycles. The lowest BCUT2D eigenvalue weighted by Gasteiger charge is -2.16. The zero-order chi connectivity index (χ0) is 13.9. The maximum absolute atomic E-state index is 12.2. The number of carbonyl (C=O) groups excluding carboxylic acids is 1. The number of aromatic nitrogens is 1. The van der Waals surface area contributed by atoms with E-state index in [4.69, 9.17) is 16.3 Å². The molecule has 2 aromatic rings. The summed E-state index contributed by atoms with van der Waals surface area (Å²) < 4.78 is 5.86. The third-order valence-corrected chi connectivity index (χ3v) is 4.00. The molecular weight excluding hydrogens is 296 g/mol. The van der Waals surface area contributed by atoms with Crippen LogP contribution in [0.2, 0.25) is 5.02 Å². The summed E-state index contributed by atoms with van der Waals surface area (Å²) >= 11 is 7.35. The molecule has 0 saturated carbocycles. The van der Waals surface area contributed by atoms with Gasteiger partial charge in [0.05, 0.1) is 12.1 Å². The standard InChI is InChI=1S/C14H13ClN2O2S/c15-10-2-1-3-11(6-10)19-12-4-5-17(7-12)14(18)13-8-20-9-16-13/h1-3,6,8-9,12H,4-5,7H2. The van der Waals surface area contributed by atoms with Crippen LogP contribution in [0, 0.1) is 0 Å². The molecule has 1 atom stereocenters. The molecule has 104 valence electrons. The minimum atomic E-state index is -0.0246. The van der Waals surface area contributed by atoms with Crippen LogP contribution in [-0.2, 0) is 0 Å². The van der Waals surface area contributed by atoms with Gasteiger partial charge in [-0.05, 0) is 18.2 Å². The molecular formula is C14H13ClN2O2S.